The van der Waals surface area contributed by atoms with Gasteiger partial charge in [0.1, 0.15) is 0 Å². The Morgan fingerprint density at radius 3 is 3.00 bits per heavy atom. The number of hydrogen-bond donors (Lipinski definition) is 1. The van der Waals surface area contributed by atoms with Crippen LogP contribution in [0, 0.1) is 0 Å². The van der Waals surface area contributed by atoms with Crippen LogP contribution in [0.4, 0.5) is 0 Å². The number of nitrogens with zero attached hydrogens (tertiary/aromatic N) is 2. The molecule has 1 heterocycles. The van der Waals surface area contributed by atoms with E-state index in [0.29, 0.717) is 0 Å². The third kappa shape index (κ3) is 1.63. The Bertz CT molecular complexity index is 483. The van der Waals surface area contributed by atoms with Crippen molar-refractivity contribution >= 4 is 10.9 Å². The van der Waals surface area contributed by atoms with E-state index in [1.54, 1.807) is 0 Å². The van der Waals surface area contributed by atoms with E-state index in [2.05, 4.69) is 34.7 Å². The molecule has 0 atom stereocenters. The molecule has 1 aromatic heterocycles. The second-order valence-electron chi connectivity index (χ2n) is 4.24. The fourth-order valence-electron chi connectivity index (χ4n) is 1.95. The molecule has 3 heteroatoms. The lowest BCUT2D eigenvalue weighted by Crippen LogP contribution is -2.15. The van der Waals surface area contributed by atoms with Gasteiger partial charge in [0.25, 0.3) is 0 Å². The minimum absolute atomic E-state index is 0.741. The molecule has 0 radical (unpaired) electrons. The van der Waals surface area contributed by atoms with Gasteiger partial charge in [-0.15, -0.1) is 0 Å². The molecule has 1 saturated carbocycles. The summed E-state index contributed by atoms with van der Waals surface area (Å²) in [5.41, 5.74) is 2.38. The molecule has 0 aliphatic heterocycles. The number of nitrogens with one attached hydrogen (secondary N) is 1. The first kappa shape index (κ1) is 8.92. The van der Waals surface area contributed by atoms with Crippen LogP contribution in [0.2, 0.25) is 0 Å². The molecule has 0 bridgehead atoms. The molecule has 1 N–H and O–H groups in total. The van der Waals surface area contributed by atoms with E-state index in [-0.39, 0.29) is 0 Å². The molecule has 3 nitrogen and oxygen atoms in total. The van der Waals surface area contributed by atoms with Crippen molar-refractivity contribution in [3.8, 4) is 0 Å². The maximum Gasteiger partial charge on any atom is 0.0841 e. The number of fused-ring (bicyclic) bond motifs is 1. The summed E-state index contributed by atoms with van der Waals surface area (Å²) >= 11 is 0. The molecule has 1 aliphatic rings. The van der Waals surface area contributed by atoms with Crippen LogP contribution in [-0.2, 0) is 13.6 Å². The minimum Gasteiger partial charge on any atom is -0.308 e. The predicted octanol–water partition coefficient (Wildman–Crippen LogP) is 1.83. The molecule has 0 amide bonds. The average molecular weight is 201 g/mol. The molecular weight excluding hydrogens is 186 g/mol. The van der Waals surface area contributed by atoms with Crippen molar-refractivity contribution in [2.75, 3.05) is 0 Å². The van der Waals surface area contributed by atoms with Crippen molar-refractivity contribution in [1.82, 2.24) is 15.1 Å². The molecule has 0 unspecified atom stereocenters. The second-order valence-corrected chi connectivity index (χ2v) is 4.24. The van der Waals surface area contributed by atoms with Gasteiger partial charge in [0.05, 0.1) is 11.2 Å². The normalized spacial score (nSPS) is 16.1. The summed E-state index contributed by atoms with van der Waals surface area (Å²) in [7, 11) is 2.00. The van der Waals surface area contributed by atoms with Crippen molar-refractivity contribution in [2.45, 2.75) is 25.4 Å². The zero-order valence-electron chi connectivity index (χ0n) is 8.90. The van der Waals surface area contributed by atoms with Crippen LogP contribution in [0.5, 0.6) is 0 Å². The molecule has 1 aliphatic carbocycles. The number of aromatic nitrogens is 2. The van der Waals surface area contributed by atoms with Gasteiger partial charge in [-0.25, -0.2) is 0 Å². The zero-order valence-corrected chi connectivity index (χ0v) is 8.90. The summed E-state index contributed by atoms with van der Waals surface area (Å²) < 4.78 is 1.96. The lowest BCUT2D eigenvalue weighted by atomic mass is 10.2. The van der Waals surface area contributed by atoms with Crippen LogP contribution in [-0.4, -0.2) is 15.8 Å². The van der Waals surface area contributed by atoms with Crippen molar-refractivity contribution in [2.24, 2.45) is 7.05 Å². The van der Waals surface area contributed by atoms with E-state index in [1.165, 1.54) is 29.4 Å². The summed E-state index contributed by atoms with van der Waals surface area (Å²) in [6.07, 6.45) is 2.65. The maximum atomic E-state index is 4.54. The quantitative estimate of drug-likeness (QED) is 0.821. The number of para-hydroxylation sites is 1. The summed E-state index contributed by atoms with van der Waals surface area (Å²) in [6.45, 7) is 0.895. The van der Waals surface area contributed by atoms with Crippen LogP contribution in [0.1, 0.15) is 18.5 Å². The fraction of sp³-hybridized carbons (Fsp3) is 0.417. The predicted molar refractivity (Wildman–Crippen MR) is 60.6 cm³/mol. The first-order valence-electron chi connectivity index (χ1n) is 5.48. The molecule has 0 spiro atoms. The highest BCUT2D eigenvalue weighted by molar-refractivity contribution is 5.81. The lowest BCUT2D eigenvalue weighted by Gasteiger charge is -1.98. The Morgan fingerprint density at radius 2 is 2.20 bits per heavy atom. The van der Waals surface area contributed by atoms with E-state index in [9.17, 15) is 0 Å². The molecule has 78 valence electrons. The first-order valence-corrected chi connectivity index (χ1v) is 5.48. The van der Waals surface area contributed by atoms with Gasteiger partial charge in [-0.1, -0.05) is 18.2 Å². The molecule has 15 heavy (non-hydrogen) atoms. The Morgan fingerprint density at radius 1 is 1.40 bits per heavy atom. The molecule has 1 aromatic carbocycles. The van der Waals surface area contributed by atoms with Gasteiger partial charge >= 0.3 is 0 Å². The van der Waals surface area contributed by atoms with E-state index in [1.807, 2.05) is 11.7 Å². The monoisotopic (exact) mass is 201 g/mol. The lowest BCUT2D eigenvalue weighted by molar-refractivity contribution is 0.658. The van der Waals surface area contributed by atoms with Crippen molar-refractivity contribution < 1.29 is 0 Å². The summed E-state index contributed by atoms with van der Waals surface area (Å²) in [6, 6.07) is 9.13. The Kier molecular flexibility index (Phi) is 1.99. The Hall–Kier alpha value is -1.35. The third-order valence-corrected chi connectivity index (χ3v) is 2.97. The van der Waals surface area contributed by atoms with Gasteiger partial charge in [0, 0.05) is 25.0 Å². The number of benzene rings is 1. The van der Waals surface area contributed by atoms with Crippen LogP contribution >= 0.6 is 0 Å². The van der Waals surface area contributed by atoms with Crippen molar-refractivity contribution in [3.63, 3.8) is 0 Å². The fourth-order valence-corrected chi connectivity index (χ4v) is 1.95. The van der Waals surface area contributed by atoms with Gasteiger partial charge in [-0.2, -0.15) is 5.10 Å². The van der Waals surface area contributed by atoms with Crippen molar-refractivity contribution in [3.05, 3.63) is 30.0 Å². The minimum atomic E-state index is 0.741. The van der Waals surface area contributed by atoms with Gasteiger partial charge in [-0.3, -0.25) is 4.68 Å². The van der Waals surface area contributed by atoms with Gasteiger partial charge in [0.15, 0.2) is 0 Å². The molecule has 0 saturated heterocycles. The van der Waals surface area contributed by atoms with Gasteiger partial charge in [-0.05, 0) is 18.9 Å². The van der Waals surface area contributed by atoms with Crippen LogP contribution in [0.25, 0.3) is 10.9 Å². The third-order valence-electron chi connectivity index (χ3n) is 2.97. The molecule has 1 fully saturated rings. The van der Waals surface area contributed by atoms with E-state index < -0.39 is 0 Å². The van der Waals surface area contributed by atoms with E-state index in [4.69, 9.17) is 0 Å². The smallest absolute Gasteiger partial charge is 0.0841 e. The highest BCUT2D eigenvalue weighted by atomic mass is 15.3. The van der Waals surface area contributed by atoms with Crippen LogP contribution < -0.4 is 5.32 Å². The van der Waals surface area contributed by atoms with Crippen LogP contribution in [0.15, 0.2) is 24.3 Å². The van der Waals surface area contributed by atoms with E-state index >= 15 is 0 Å². The van der Waals surface area contributed by atoms with Gasteiger partial charge in [0.2, 0.25) is 0 Å². The first-order chi connectivity index (χ1) is 7.34. The average Bonchev–Trinajstić information content (AvgIpc) is 3.03. The van der Waals surface area contributed by atoms with Crippen LogP contribution in [0.3, 0.4) is 0 Å². The summed E-state index contributed by atoms with van der Waals surface area (Å²) in [5, 5.41) is 9.32. The molecule has 3 rings (SSSR count). The number of hydrogen-bond acceptors (Lipinski definition) is 2. The Labute approximate surface area is 89.1 Å². The topological polar surface area (TPSA) is 29.9 Å². The zero-order chi connectivity index (χ0) is 10.3. The maximum absolute atomic E-state index is 4.54. The second kappa shape index (κ2) is 3.35. The number of aryl methyl sites for hydroxylation is 1. The summed E-state index contributed by atoms with van der Waals surface area (Å²) in [5.74, 6) is 0. The molecular formula is C12H15N3. The molecule has 2 aromatic rings. The largest absolute Gasteiger partial charge is 0.308 e. The van der Waals surface area contributed by atoms with Gasteiger partial charge < -0.3 is 5.32 Å². The standard InChI is InChI=1S/C12H15N3/c1-15-12-5-3-2-4-10(12)11(14-15)8-13-9-6-7-9/h2-5,9,13H,6-8H2,1H3. The highest BCUT2D eigenvalue weighted by Gasteiger charge is 2.21. The Balaban J connectivity index is 1.94. The highest BCUT2D eigenvalue weighted by Crippen LogP contribution is 2.21. The number of rotatable bonds is 3. The summed E-state index contributed by atoms with van der Waals surface area (Å²) in [4.78, 5) is 0. The van der Waals surface area contributed by atoms with Crippen molar-refractivity contribution in [1.29, 1.82) is 0 Å². The SMILES string of the molecule is Cn1nc(CNC2CC2)c2ccccc21. The van der Waals surface area contributed by atoms with E-state index in [0.717, 1.165) is 12.6 Å².